The third kappa shape index (κ3) is 4.24. The van der Waals surface area contributed by atoms with Crippen LogP contribution in [0.1, 0.15) is 31.3 Å². The fourth-order valence-corrected chi connectivity index (χ4v) is 5.43. The highest BCUT2D eigenvalue weighted by Crippen LogP contribution is 2.24. The number of aryl methyl sites for hydroxylation is 2. The van der Waals surface area contributed by atoms with Crippen molar-refractivity contribution in [1.82, 2.24) is 23.3 Å². The number of ether oxygens (including phenoxy) is 1. The van der Waals surface area contributed by atoms with Crippen molar-refractivity contribution in [3.63, 3.8) is 0 Å². The lowest BCUT2D eigenvalue weighted by atomic mass is 10.0. The van der Waals surface area contributed by atoms with Crippen LogP contribution in [0.25, 0.3) is 0 Å². The topological polar surface area (TPSA) is 88.0 Å². The van der Waals surface area contributed by atoms with Gasteiger partial charge in [-0.05, 0) is 25.8 Å². The Kier molecular flexibility index (Phi) is 6.43. The molecule has 2 aliphatic heterocycles. The van der Waals surface area contributed by atoms with Gasteiger partial charge in [0.2, 0.25) is 5.91 Å². The summed E-state index contributed by atoms with van der Waals surface area (Å²) in [6.45, 7) is 10.9. The van der Waals surface area contributed by atoms with Gasteiger partial charge in [0, 0.05) is 45.0 Å². The zero-order valence-corrected chi connectivity index (χ0v) is 18.0. The van der Waals surface area contributed by atoms with E-state index in [2.05, 4.69) is 5.10 Å². The molecule has 158 valence electrons. The van der Waals surface area contributed by atoms with Crippen molar-refractivity contribution in [2.75, 3.05) is 52.5 Å². The number of nitrogens with zero attached hydrogens (tertiary/aromatic N) is 5. The van der Waals surface area contributed by atoms with Crippen molar-refractivity contribution in [1.29, 1.82) is 0 Å². The molecule has 28 heavy (non-hydrogen) atoms. The van der Waals surface area contributed by atoms with E-state index in [9.17, 15) is 13.2 Å². The smallest absolute Gasteiger partial charge is 0.282 e. The van der Waals surface area contributed by atoms with Crippen LogP contribution in [0.2, 0.25) is 0 Å². The molecule has 2 fully saturated rings. The van der Waals surface area contributed by atoms with Crippen LogP contribution in [0.15, 0.2) is 6.07 Å². The molecule has 0 aliphatic carbocycles. The number of carbonyl (C=O) groups is 1. The second kappa shape index (κ2) is 8.48. The maximum absolute atomic E-state index is 13.2. The summed E-state index contributed by atoms with van der Waals surface area (Å²) in [5.74, 6) is 0.0882. The third-order valence-corrected chi connectivity index (χ3v) is 7.40. The predicted octanol–water partition coefficient (Wildman–Crippen LogP) is 0.418. The maximum Gasteiger partial charge on any atom is 0.282 e. The lowest BCUT2D eigenvalue weighted by molar-refractivity contribution is -0.137. The predicted molar refractivity (Wildman–Crippen MR) is 105 cm³/mol. The summed E-state index contributed by atoms with van der Waals surface area (Å²) in [5.41, 5.74) is 1.84. The van der Waals surface area contributed by atoms with Crippen LogP contribution in [-0.4, -0.2) is 90.1 Å². The number of aromatic nitrogens is 2. The molecule has 1 aromatic heterocycles. The zero-order valence-electron chi connectivity index (χ0n) is 17.2. The fraction of sp³-hybridized carbons (Fsp3) is 0.778. The highest BCUT2D eigenvalue weighted by Gasteiger charge is 2.37. The van der Waals surface area contributed by atoms with Crippen molar-refractivity contribution in [3.8, 4) is 0 Å². The van der Waals surface area contributed by atoms with E-state index in [0.29, 0.717) is 52.5 Å². The molecule has 10 heteroatoms. The summed E-state index contributed by atoms with van der Waals surface area (Å²) in [6.07, 6.45) is 0. The molecule has 1 amide bonds. The summed E-state index contributed by atoms with van der Waals surface area (Å²) in [6, 6.07) is 1.59. The molecule has 0 spiro atoms. The quantitative estimate of drug-likeness (QED) is 0.698. The number of rotatable bonds is 5. The maximum atomic E-state index is 13.2. The Bertz CT molecular complexity index is 793. The van der Waals surface area contributed by atoms with Gasteiger partial charge in [-0.3, -0.25) is 9.48 Å². The Balaban J connectivity index is 1.67. The highest BCUT2D eigenvalue weighted by atomic mass is 32.2. The Hall–Kier alpha value is -1.49. The molecule has 3 rings (SSSR count). The van der Waals surface area contributed by atoms with E-state index in [-0.39, 0.29) is 17.9 Å². The Morgan fingerprint density at radius 1 is 1.04 bits per heavy atom. The summed E-state index contributed by atoms with van der Waals surface area (Å²) < 4.78 is 35.6. The lowest BCUT2D eigenvalue weighted by Gasteiger charge is -2.39. The molecule has 0 N–H and O–H groups in total. The average molecular weight is 414 g/mol. The molecule has 2 saturated heterocycles. The first-order valence-corrected chi connectivity index (χ1v) is 11.3. The van der Waals surface area contributed by atoms with Crippen LogP contribution >= 0.6 is 0 Å². The molecule has 0 bridgehead atoms. The van der Waals surface area contributed by atoms with E-state index in [0.717, 1.165) is 11.4 Å². The summed E-state index contributed by atoms with van der Waals surface area (Å²) in [5, 5.41) is 4.51. The van der Waals surface area contributed by atoms with E-state index >= 15 is 0 Å². The van der Waals surface area contributed by atoms with E-state index in [1.165, 1.54) is 8.61 Å². The van der Waals surface area contributed by atoms with Crippen molar-refractivity contribution < 1.29 is 17.9 Å². The average Bonchev–Trinajstić information content (AvgIpc) is 3.00. The summed E-state index contributed by atoms with van der Waals surface area (Å²) >= 11 is 0. The first-order chi connectivity index (χ1) is 13.2. The van der Waals surface area contributed by atoms with Gasteiger partial charge in [-0.25, -0.2) is 0 Å². The second-order valence-corrected chi connectivity index (χ2v) is 9.73. The van der Waals surface area contributed by atoms with Crippen LogP contribution < -0.4 is 0 Å². The van der Waals surface area contributed by atoms with Gasteiger partial charge in [0.25, 0.3) is 10.2 Å². The molecule has 2 aliphatic rings. The minimum Gasteiger partial charge on any atom is -0.379 e. The van der Waals surface area contributed by atoms with Gasteiger partial charge in [0.05, 0.1) is 18.9 Å². The second-order valence-electron chi connectivity index (χ2n) is 7.80. The summed E-state index contributed by atoms with van der Waals surface area (Å²) in [4.78, 5) is 15.0. The largest absolute Gasteiger partial charge is 0.379 e. The number of hydrogen-bond acceptors (Lipinski definition) is 5. The Labute approximate surface area is 167 Å². The monoisotopic (exact) mass is 413 g/mol. The number of hydrogen-bond donors (Lipinski definition) is 0. The fourth-order valence-electron chi connectivity index (χ4n) is 3.87. The van der Waals surface area contributed by atoms with Gasteiger partial charge in [-0.2, -0.15) is 22.1 Å². The molecule has 0 aromatic carbocycles. The molecule has 0 unspecified atom stereocenters. The van der Waals surface area contributed by atoms with E-state index < -0.39 is 10.2 Å². The van der Waals surface area contributed by atoms with Gasteiger partial charge < -0.3 is 9.64 Å². The van der Waals surface area contributed by atoms with Gasteiger partial charge in [0.1, 0.15) is 6.04 Å². The normalized spacial score (nSPS) is 21.2. The SMILES string of the molecule is Cc1cc(C)n([C@@H](C(=O)N2CCN(S(=O)(=O)N3CCOCC3)CC2)C(C)C)n1. The Morgan fingerprint density at radius 3 is 2.11 bits per heavy atom. The van der Waals surface area contributed by atoms with E-state index in [1.807, 2.05) is 33.8 Å². The molecular formula is C18H31N5O4S. The van der Waals surface area contributed by atoms with Crippen molar-refractivity contribution in [3.05, 3.63) is 17.5 Å². The van der Waals surface area contributed by atoms with Gasteiger partial charge in [0.15, 0.2) is 0 Å². The van der Waals surface area contributed by atoms with Crippen LogP contribution in [-0.2, 0) is 19.7 Å². The highest BCUT2D eigenvalue weighted by molar-refractivity contribution is 7.86. The number of carbonyl (C=O) groups excluding carboxylic acids is 1. The van der Waals surface area contributed by atoms with Gasteiger partial charge >= 0.3 is 0 Å². The molecule has 1 aromatic rings. The van der Waals surface area contributed by atoms with Crippen LogP contribution in [0, 0.1) is 19.8 Å². The van der Waals surface area contributed by atoms with Crippen LogP contribution in [0.5, 0.6) is 0 Å². The minimum absolute atomic E-state index is 0.00428. The first-order valence-electron chi connectivity index (χ1n) is 9.86. The van der Waals surface area contributed by atoms with Crippen LogP contribution in [0.4, 0.5) is 0 Å². The van der Waals surface area contributed by atoms with Crippen molar-refractivity contribution in [2.24, 2.45) is 5.92 Å². The molecule has 0 radical (unpaired) electrons. The van der Waals surface area contributed by atoms with Crippen molar-refractivity contribution >= 4 is 16.1 Å². The molecule has 0 saturated carbocycles. The number of morpholine rings is 1. The third-order valence-electron chi connectivity index (χ3n) is 5.37. The molecule has 9 nitrogen and oxygen atoms in total. The Morgan fingerprint density at radius 2 is 1.61 bits per heavy atom. The minimum atomic E-state index is -3.50. The first kappa shape index (κ1) is 21.2. The number of piperazine rings is 1. The van der Waals surface area contributed by atoms with E-state index in [4.69, 9.17) is 4.74 Å². The van der Waals surface area contributed by atoms with Gasteiger partial charge in [-0.15, -0.1) is 0 Å². The zero-order chi connectivity index (χ0) is 20.5. The molecule has 1 atom stereocenters. The molecule has 3 heterocycles. The van der Waals surface area contributed by atoms with Gasteiger partial charge in [-0.1, -0.05) is 13.8 Å². The standard InChI is InChI=1S/C18H31N5O4S/c1-14(2)17(23-16(4)13-15(3)19-23)18(24)20-5-7-21(8-6-20)28(25,26)22-9-11-27-12-10-22/h13-14,17H,5-12H2,1-4H3/t17-/m1/s1. The number of amides is 1. The summed E-state index contributed by atoms with van der Waals surface area (Å²) in [7, 11) is -3.50. The van der Waals surface area contributed by atoms with E-state index in [1.54, 1.807) is 9.58 Å². The lowest BCUT2D eigenvalue weighted by Crippen LogP contribution is -2.56. The molecular weight excluding hydrogens is 382 g/mol. The van der Waals surface area contributed by atoms with Crippen molar-refractivity contribution in [2.45, 2.75) is 33.7 Å². The van der Waals surface area contributed by atoms with Crippen LogP contribution in [0.3, 0.4) is 0 Å².